The lowest BCUT2D eigenvalue weighted by molar-refractivity contribution is 0.111. The highest BCUT2D eigenvalue weighted by Crippen LogP contribution is 2.33. The zero-order valence-electron chi connectivity index (χ0n) is 14.0. The number of pyridine rings is 1. The van der Waals surface area contributed by atoms with Crippen LogP contribution in [0.2, 0.25) is 0 Å². The molecule has 7 heteroatoms. The highest BCUT2D eigenvalue weighted by molar-refractivity contribution is 5.89. The van der Waals surface area contributed by atoms with Crippen LogP contribution in [0.15, 0.2) is 12.1 Å². The minimum Gasteiger partial charge on any atom is -0.474 e. The average molecular weight is 332 g/mol. The quantitative estimate of drug-likeness (QED) is 0.687. The zero-order chi connectivity index (χ0) is 17.3. The molecule has 0 amide bonds. The van der Waals surface area contributed by atoms with Crippen LogP contribution in [0.4, 0.5) is 10.2 Å². The maximum atomic E-state index is 14.5. The number of hydrogen-bond acceptors (Lipinski definition) is 5. The number of aryl methyl sites for hydroxylation is 1. The summed E-state index contributed by atoms with van der Waals surface area (Å²) in [5.41, 5.74) is 0.743. The molecule has 0 saturated carbocycles. The number of halogens is 1. The van der Waals surface area contributed by atoms with Crippen LogP contribution < -0.4 is 10.1 Å². The molecule has 3 rings (SSSR count). The summed E-state index contributed by atoms with van der Waals surface area (Å²) in [7, 11) is 0. The van der Waals surface area contributed by atoms with E-state index in [1.807, 2.05) is 20.8 Å². The molecule has 6 nitrogen and oxygen atoms in total. The van der Waals surface area contributed by atoms with Crippen molar-refractivity contribution in [3.8, 4) is 17.1 Å². The largest absolute Gasteiger partial charge is 0.474 e. The van der Waals surface area contributed by atoms with E-state index in [9.17, 15) is 9.18 Å². The third-order valence-electron chi connectivity index (χ3n) is 3.89. The van der Waals surface area contributed by atoms with Gasteiger partial charge in [0.1, 0.15) is 17.1 Å². The molecule has 1 aliphatic rings. The predicted octanol–water partition coefficient (Wildman–Crippen LogP) is 3.28. The molecule has 2 aromatic heterocycles. The first kappa shape index (κ1) is 16.4. The highest BCUT2D eigenvalue weighted by Gasteiger charge is 2.26. The third kappa shape index (κ3) is 3.11. The Morgan fingerprint density at radius 3 is 2.92 bits per heavy atom. The first-order valence-corrected chi connectivity index (χ1v) is 8.15. The molecular weight excluding hydrogens is 311 g/mol. The maximum Gasteiger partial charge on any atom is 0.224 e. The van der Waals surface area contributed by atoms with Crippen LogP contribution in [0.25, 0.3) is 11.3 Å². The summed E-state index contributed by atoms with van der Waals surface area (Å²) in [5, 5.41) is 7.44. The Bertz CT molecular complexity index is 757. The van der Waals surface area contributed by atoms with Crippen LogP contribution >= 0.6 is 0 Å². The van der Waals surface area contributed by atoms with Gasteiger partial charge in [0.05, 0.1) is 11.7 Å². The number of nitrogens with zero attached hydrogens (tertiary/aromatic N) is 3. The monoisotopic (exact) mass is 332 g/mol. The molecule has 1 unspecified atom stereocenters. The molecule has 0 bridgehead atoms. The fraction of sp³-hybridized carbons (Fsp3) is 0.471. The second-order valence-corrected chi connectivity index (χ2v) is 6.31. The molecule has 0 fully saturated rings. The number of fused-ring (bicyclic) bond motifs is 1. The average Bonchev–Trinajstić information content (AvgIpc) is 2.73. The van der Waals surface area contributed by atoms with E-state index in [0.29, 0.717) is 24.5 Å². The molecule has 1 aliphatic heterocycles. The van der Waals surface area contributed by atoms with Crippen LogP contribution in [-0.4, -0.2) is 33.2 Å². The Labute approximate surface area is 140 Å². The van der Waals surface area contributed by atoms with Crippen LogP contribution in [0.5, 0.6) is 5.88 Å². The predicted molar refractivity (Wildman–Crippen MR) is 88.9 cm³/mol. The minimum absolute atomic E-state index is 0.00455. The second kappa shape index (κ2) is 6.59. The molecule has 3 heterocycles. The van der Waals surface area contributed by atoms with Gasteiger partial charge in [-0.25, -0.2) is 9.67 Å². The number of hydrogen-bond donors (Lipinski definition) is 1. The molecule has 0 saturated heterocycles. The first-order chi connectivity index (χ1) is 11.5. The second-order valence-electron chi connectivity index (χ2n) is 6.31. The lowest BCUT2D eigenvalue weighted by Crippen LogP contribution is -2.11. The van der Waals surface area contributed by atoms with Gasteiger partial charge in [0.2, 0.25) is 11.8 Å². The molecule has 0 aromatic carbocycles. The molecule has 0 radical (unpaired) electrons. The van der Waals surface area contributed by atoms with Crippen LogP contribution in [0, 0.1) is 5.95 Å². The van der Waals surface area contributed by atoms with E-state index < -0.39 is 5.95 Å². The topological polar surface area (TPSA) is 69.0 Å². The zero-order valence-corrected chi connectivity index (χ0v) is 14.0. The number of carbonyl (C=O) groups is 1. The Morgan fingerprint density at radius 2 is 2.25 bits per heavy atom. The number of aromatic nitrogens is 3. The summed E-state index contributed by atoms with van der Waals surface area (Å²) < 4.78 is 21.9. The molecule has 1 N–H and O–H groups in total. The van der Waals surface area contributed by atoms with E-state index in [0.717, 1.165) is 12.8 Å². The van der Waals surface area contributed by atoms with Crippen molar-refractivity contribution in [1.82, 2.24) is 14.8 Å². The van der Waals surface area contributed by atoms with Crippen LogP contribution in [0.1, 0.15) is 44.0 Å². The summed E-state index contributed by atoms with van der Waals surface area (Å²) >= 11 is 0. The van der Waals surface area contributed by atoms with E-state index in [4.69, 9.17) is 4.74 Å². The van der Waals surface area contributed by atoms with Gasteiger partial charge in [0.15, 0.2) is 6.29 Å². The van der Waals surface area contributed by atoms with Gasteiger partial charge in [0, 0.05) is 12.6 Å². The molecular formula is C17H21FN4O2. The maximum absolute atomic E-state index is 14.5. The molecule has 1 atom stereocenters. The fourth-order valence-electron chi connectivity index (χ4n) is 2.81. The van der Waals surface area contributed by atoms with Gasteiger partial charge in [-0.15, -0.1) is 0 Å². The van der Waals surface area contributed by atoms with Crippen molar-refractivity contribution in [2.45, 2.75) is 52.3 Å². The van der Waals surface area contributed by atoms with Gasteiger partial charge >= 0.3 is 0 Å². The van der Waals surface area contributed by atoms with Gasteiger partial charge < -0.3 is 10.1 Å². The van der Waals surface area contributed by atoms with E-state index in [1.165, 1.54) is 0 Å². The summed E-state index contributed by atoms with van der Waals surface area (Å²) in [5.74, 6) is 0.198. The van der Waals surface area contributed by atoms with Crippen molar-refractivity contribution in [2.75, 3.05) is 5.32 Å². The van der Waals surface area contributed by atoms with Crippen LogP contribution in [0.3, 0.4) is 0 Å². The molecule has 2 aromatic rings. The Hall–Kier alpha value is -2.44. The number of ether oxygens (including phenoxy) is 1. The summed E-state index contributed by atoms with van der Waals surface area (Å²) in [6.45, 7) is 6.49. The number of rotatable bonds is 4. The Kier molecular flexibility index (Phi) is 4.51. The summed E-state index contributed by atoms with van der Waals surface area (Å²) in [4.78, 5) is 15.5. The molecule has 0 spiro atoms. The smallest absolute Gasteiger partial charge is 0.224 e. The van der Waals surface area contributed by atoms with Crippen molar-refractivity contribution in [3.63, 3.8) is 0 Å². The Morgan fingerprint density at radius 1 is 1.46 bits per heavy atom. The van der Waals surface area contributed by atoms with Crippen molar-refractivity contribution >= 4 is 12.1 Å². The normalized spacial score (nSPS) is 17.1. The lowest BCUT2D eigenvalue weighted by atomic mass is 10.1. The molecule has 128 valence electrons. The van der Waals surface area contributed by atoms with E-state index in [2.05, 4.69) is 15.4 Å². The van der Waals surface area contributed by atoms with Gasteiger partial charge in [-0.1, -0.05) is 0 Å². The van der Waals surface area contributed by atoms with Crippen molar-refractivity contribution in [1.29, 1.82) is 0 Å². The standard InChI is InChI=1S/C17H21FN4O2/c1-10(2)19-14-7-6-12(16(18)20-14)15-13(9-23)17-22(21-15)8-4-5-11(3)24-17/h6-7,9-11H,4-5,8H2,1-3H3,(H,19,20). The number of nitrogens with one attached hydrogen (secondary N) is 1. The van der Waals surface area contributed by atoms with Crippen molar-refractivity contribution in [3.05, 3.63) is 23.6 Å². The lowest BCUT2D eigenvalue weighted by Gasteiger charge is -2.11. The molecule has 0 aliphatic carbocycles. The van der Waals surface area contributed by atoms with Crippen LogP contribution in [-0.2, 0) is 6.54 Å². The highest BCUT2D eigenvalue weighted by atomic mass is 19.1. The third-order valence-corrected chi connectivity index (χ3v) is 3.89. The van der Waals surface area contributed by atoms with Crippen molar-refractivity contribution in [2.24, 2.45) is 0 Å². The van der Waals surface area contributed by atoms with Crippen molar-refractivity contribution < 1.29 is 13.9 Å². The van der Waals surface area contributed by atoms with E-state index in [1.54, 1.807) is 16.8 Å². The van der Waals surface area contributed by atoms with Gasteiger partial charge in [-0.05, 0) is 45.7 Å². The fourth-order valence-corrected chi connectivity index (χ4v) is 2.81. The van der Waals surface area contributed by atoms with Gasteiger partial charge in [-0.3, -0.25) is 4.79 Å². The van der Waals surface area contributed by atoms with E-state index in [-0.39, 0.29) is 29.0 Å². The minimum atomic E-state index is -0.662. The summed E-state index contributed by atoms with van der Waals surface area (Å²) in [6, 6.07) is 3.42. The Balaban J connectivity index is 2.04. The first-order valence-electron chi connectivity index (χ1n) is 8.15. The summed E-state index contributed by atoms with van der Waals surface area (Å²) in [6.07, 6.45) is 2.45. The van der Waals surface area contributed by atoms with Gasteiger partial charge in [0.25, 0.3) is 0 Å². The number of aldehydes is 1. The van der Waals surface area contributed by atoms with Gasteiger partial charge in [-0.2, -0.15) is 9.49 Å². The van der Waals surface area contributed by atoms with E-state index >= 15 is 0 Å². The number of carbonyl (C=O) groups excluding carboxylic acids is 1. The SMILES string of the molecule is CC(C)Nc1ccc(-c2nn3c(c2C=O)OC(C)CCC3)c(F)n1. The molecule has 24 heavy (non-hydrogen) atoms. The number of anilines is 1.